The molecule has 132 valence electrons. The Hall–Kier alpha value is -2.23. The van der Waals surface area contributed by atoms with Gasteiger partial charge in [0.2, 0.25) is 0 Å². The van der Waals surface area contributed by atoms with Gasteiger partial charge in [-0.1, -0.05) is 31.5 Å². The lowest BCUT2D eigenvalue weighted by atomic mass is 9.75. The van der Waals surface area contributed by atoms with E-state index in [9.17, 15) is 14.3 Å². The molecule has 0 atom stereocenters. The molecule has 0 bridgehead atoms. The van der Waals surface area contributed by atoms with Crippen molar-refractivity contribution in [2.24, 2.45) is 5.92 Å². The molecule has 0 aliphatic heterocycles. The Bertz CT molecular complexity index is 760. The zero-order valence-electron chi connectivity index (χ0n) is 14.3. The fraction of sp³-hybridized carbons (Fsp3) is 0.381. The number of rotatable bonds is 4. The zero-order chi connectivity index (χ0) is 18.0. The largest absolute Gasteiger partial charge is 0.478 e. The number of aromatic carboxylic acids is 1. The summed E-state index contributed by atoms with van der Waals surface area (Å²) < 4.78 is 28.3. The van der Waals surface area contributed by atoms with E-state index in [1.165, 1.54) is 18.2 Å². The number of carboxylic acid groups (broad SMARTS) is 1. The molecule has 1 aliphatic rings. The van der Waals surface area contributed by atoms with E-state index in [0.29, 0.717) is 22.6 Å². The summed E-state index contributed by atoms with van der Waals surface area (Å²) >= 11 is 0. The Labute approximate surface area is 146 Å². The number of halogens is 2. The van der Waals surface area contributed by atoms with Crippen molar-refractivity contribution in [1.29, 1.82) is 0 Å². The lowest BCUT2D eigenvalue weighted by Gasteiger charge is -2.30. The third kappa shape index (κ3) is 3.58. The molecule has 4 heteroatoms. The molecule has 0 unspecified atom stereocenters. The number of benzene rings is 2. The second-order valence-corrected chi connectivity index (χ2v) is 6.83. The predicted molar refractivity (Wildman–Crippen MR) is 93.7 cm³/mol. The van der Waals surface area contributed by atoms with Gasteiger partial charge in [0.1, 0.15) is 11.6 Å². The van der Waals surface area contributed by atoms with Crippen LogP contribution in [0.15, 0.2) is 36.4 Å². The van der Waals surface area contributed by atoms with Gasteiger partial charge < -0.3 is 5.11 Å². The summed E-state index contributed by atoms with van der Waals surface area (Å²) in [5, 5.41) is 9.28. The SMILES string of the molecule is CCC1CCC(c2c(-c3ccc(F)cc3)ccc(C(=O)O)c2F)CC1. The maximum Gasteiger partial charge on any atom is 0.338 e. The van der Waals surface area contributed by atoms with E-state index in [0.717, 1.165) is 32.1 Å². The van der Waals surface area contributed by atoms with Crippen LogP contribution >= 0.6 is 0 Å². The van der Waals surface area contributed by atoms with Gasteiger partial charge in [0.15, 0.2) is 0 Å². The first-order valence-electron chi connectivity index (χ1n) is 8.82. The fourth-order valence-electron chi connectivity index (χ4n) is 3.90. The summed E-state index contributed by atoms with van der Waals surface area (Å²) in [7, 11) is 0. The van der Waals surface area contributed by atoms with Gasteiger partial charge in [0.05, 0.1) is 5.56 Å². The smallest absolute Gasteiger partial charge is 0.338 e. The highest BCUT2D eigenvalue weighted by molar-refractivity contribution is 5.89. The molecule has 2 aromatic rings. The van der Waals surface area contributed by atoms with Gasteiger partial charge in [0, 0.05) is 0 Å². The molecule has 3 rings (SSSR count). The highest BCUT2D eigenvalue weighted by atomic mass is 19.1. The first-order chi connectivity index (χ1) is 12.0. The fourth-order valence-corrected chi connectivity index (χ4v) is 3.90. The standard InChI is InChI=1S/C21H22F2O2/c1-2-13-3-5-15(6-4-13)19-17(14-7-9-16(22)10-8-14)11-12-18(20(19)23)21(24)25/h7-13,15H,2-6H2,1H3,(H,24,25). The Balaban J connectivity index is 2.07. The Morgan fingerprint density at radius 3 is 2.24 bits per heavy atom. The molecule has 2 nitrogen and oxygen atoms in total. The molecule has 0 amide bonds. The highest BCUT2D eigenvalue weighted by Gasteiger charge is 2.28. The predicted octanol–water partition coefficient (Wildman–Crippen LogP) is 6.01. The van der Waals surface area contributed by atoms with Crippen molar-refractivity contribution >= 4 is 5.97 Å². The van der Waals surface area contributed by atoms with Crippen molar-refractivity contribution in [3.8, 4) is 11.1 Å². The number of carbonyl (C=O) groups is 1. The van der Waals surface area contributed by atoms with Crippen molar-refractivity contribution in [3.05, 3.63) is 59.2 Å². The van der Waals surface area contributed by atoms with E-state index < -0.39 is 11.8 Å². The van der Waals surface area contributed by atoms with Gasteiger partial charge >= 0.3 is 5.97 Å². The van der Waals surface area contributed by atoms with Gasteiger partial charge in [-0.15, -0.1) is 0 Å². The monoisotopic (exact) mass is 344 g/mol. The van der Waals surface area contributed by atoms with Crippen LogP contribution in [0.5, 0.6) is 0 Å². The van der Waals surface area contributed by atoms with Gasteiger partial charge in [-0.25, -0.2) is 13.6 Å². The molecule has 1 saturated carbocycles. The maximum absolute atomic E-state index is 15.1. The van der Waals surface area contributed by atoms with E-state index in [1.54, 1.807) is 18.2 Å². The van der Waals surface area contributed by atoms with Crippen molar-refractivity contribution < 1.29 is 18.7 Å². The van der Waals surface area contributed by atoms with E-state index >= 15 is 4.39 Å². The minimum Gasteiger partial charge on any atom is -0.478 e. The topological polar surface area (TPSA) is 37.3 Å². The van der Waals surface area contributed by atoms with Crippen LogP contribution in [0, 0.1) is 17.6 Å². The molecule has 0 radical (unpaired) electrons. The van der Waals surface area contributed by atoms with Crippen LogP contribution in [0.3, 0.4) is 0 Å². The van der Waals surface area contributed by atoms with Crippen LogP contribution in [0.1, 0.15) is 60.9 Å². The van der Waals surface area contributed by atoms with E-state index in [1.807, 2.05) is 0 Å². The molecular formula is C21H22F2O2. The Morgan fingerprint density at radius 2 is 1.68 bits per heavy atom. The molecule has 0 spiro atoms. The quantitative estimate of drug-likeness (QED) is 0.737. The van der Waals surface area contributed by atoms with Gasteiger partial charge in [-0.05, 0) is 72.4 Å². The molecule has 1 N–H and O–H groups in total. The zero-order valence-corrected chi connectivity index (χ0v) is 14.3. The molecule has 0 heterocycles. The first kappa shape index (κ1) is 17.6. The van der Waals surface area contributed by atoms with Crippen LogP contribution in [0.25, 0.3) is 11.1 Å². The van der Waals surface area contributed by atoms with Gasteiger partial charge in [-0.2, -0.15) is 0 Å². The van der Waals surface area contributed by atoms with Crippen LogP contribution < -0.4 is 0 Å². The summed E-state index contributed by atoms with van der Waals surface area (Å²) in [5.74, 6) is -1.59. The molecule has 25 heavy (non-hydrogen) atoms. The van der Waals surface area contributed by atoms with E-state index in [4.69, 9.17) is 0 Å². The molecular weight excluding hydrogens is 322 g/mol. The van der Waals surface area contributed by atoms with Crippen LogP contribution in [0.2, 0.25) is 0 Å². The number of carboxylic acids is 1. The van der Waals surface area contributed by atoms with Crippen molar-refractivity contribution in [3.63, 3.8) is 0 Å². The third-order valence-corrected chi connectivity index (χ3v) is 5.40. The van der Waals surface area contributed by atoms with Gasteiger partial charge in [-0.3, -0.25) is 0 Å². The minimum absolute atomic E-state index is 0.00199. The van der Waals surface area contributed by atoms with Crippen LogP contribution in [-0.2, 0) is 0 Å². The summed E-state index contributed by atoms with van der Waals surface area (Å²) in [5.41, 5.74) is 1.56. The maximum atomic E-state index is 15.1. The Morgan fingerprint density at radius 1 is 1.04 bits per heavy atom. The summed E-state index contributed by atoms with van der Waals surface area (Å²) in [6, 6.07) is 8.88. The number of hydrogen-bond acceptors (Lipinski definition) is 1. The summed E-state index contributed by atoms with van der Waals surface area (Å²) in [6.45, 7) is 2.17. The highest BCUT2D eigenvalue weighted by Crippen LogP contribution is 2.42. The Kier molecular flexibility index (Phi) is 5.16. The summed E-state index contributed by atoms with van der Waals surface area (Å²) in [4.78, 5) is 11.4. The van der Waals surface area contributed by atoms with E-state index in [2.05, 4.69) is 6.92 Å². The molecule has 2 aromatic carbocycles. The lowest BCUT2D eigenvalue weighted by molar-refractivity contribution is 0.0691. The second kappa shape index (κ2) is 7.34. The van der Waals surface area contributed by atoms with Crippen LogP contribution in [-0.4, -0.2) is 11.1 Å². The van der Waals surface area contributed by atoms with E-state index in [-0.39, 0.29) is 17.3 Å². The first-order valence-corrected chi connectivity index (χ1v) is 8.82. The second-order valence-electron chi connectivity index (χ2n) is 6.83. The average molecular weight is 344 g/mol. The normalized spacial score (nSPS) is 20.4. The number of hydrogen-bond donors (Lipinski definition) is 1. The van der Waals surface area contributed by atoms with Crippen LogP contribution in [0.4, 0.5) is 8.78 Å². The molecule has 0 aromatic heterocycles. The molecule has 1 fully saturated rings. The van der Waals surface area contributed by atoms with Crippen molar-refractivity contribution in [2.75, 3.05) is 0 Å². The van der Waals surface area contributed by atoms with Gasteiger partial charge in [0.25, 0.3) is 0 Å². The van der Waals surface area contributed by atoms with Crippen molar-refractivity contribution in [1.82, 2.24) is 0 Å². The molecule has 0 saturated heterocycles. The lowest BCUT2D eigenvalue weighted by Crippen LogP contribution is -2.16. The van der Waals surface area contributed by atoms with Crippen molar-refractivity contribution in [2.45, 2.75) is 44.9 Å². The minimum atomic E-state index is -1.26. The average Bonchev–Trinajstić information content (AvgIpc) is 2.62. The molecule has 1 aliphatic carbocycles. The summed E-state index contributed by atoms with van der Waals surface area (Å²) in [6.07, 6.45) is 4.89. The third-order valence-electron chi connectivity index (χ3n) is 5.40.